The summed E-state index contributed by atoms with van der Waals surface area (Å²) in [5, 5.41) is 8.98. The third-order valence-electron chi connectivity index (χ3n) is 4.84. The number of likely N-dealkylation sites (tertiary alicyclic amines) is 2. The van der Waals surface area contributed by atoms with Crippen LogP contribution in [-0.2, 0) is 0 Å². The smallest absolute Gasteiger partial charge is 0.407 e. The molecular formula is C14H26N2O2. The van der Waals surface area contributed by atoms with Crippen LogP contribution in [0.5, 0.6) is 0 Å². The minimum atomic E-state index is -0.745. The highest BCUT2D eigenvalue weighted by Gasteiger charge is 2.38. The molecule has 0 saturated carbocycles. The Morgan fingerprint density at radius 3 is 2.17 bits per heavy atom. The van der Waals surface area contributed by atoms with Crippen molar-refractivity contribution in [2.75, 3.05) is 32.7 Å². The molecular weight excluding hydrogens is 228 g/mol. The van der Waals surface area contributed by atoms with Crippen LogP contribution in [0.25, 0.3) is 0 Å². The van der Waals surface area contributed by atoms with Gasteiger partial charge in [-0.2, -0.15) is 0 Å². The summed E-state index contributed by atoms with van der Waals surface area (Å²) < 4.78 is 0. The fourth-order valence-corrected chi connectivity index (χ4v) is 3.31. The summed E-state index contributed by atoms with van der Waals surface area (Å²) in [5.41, 5.74) is 0.453. The van der Waals surface area contributed by atoms with Crippen molar-refractivity contribution in [2.45, 2.75) is 45.4 Å². The maximum atomic E-state index is 10.9. The fraction of sp³-hybridized carbons (Fsp3) is 0.929. The maximum Gasteiger partial charge on any atom is 0.407 e. The maximum absolute atomic E-state index is 10.9. The number of carbonyl (C=O) groups is 1. The van der Waals surface area contributed by atoms with E-state index < -0.39 is 6.09 Å². The number of carboxylic acid groups (broad SMARTS) is 1. The first-order chi connectivity index (χ1) is 8.65. The molecule has 0 atom stereocenters. The third-order valence-corrected chi connectivity index (χ3v) is 4.84. The van der Waals surface area contributed by atoms with E-state index in [2.05, 4.69) is 11.8 Å². The highest BCUT2D eigenvalue weighted by Crippen LogP contribution is 2.41. The van der Waals surface area contributed by atoms with Crippen molar-refractivity contribution in [1.29, 1.82) is 0 Å². The molecule has 0 aromatic rings. The highest BCUT2D eigenvalue weighted by atomic mass is 16.4. The Labute approximate surface area is 110 Å². The fourth-order valence-electron chi connectivity index (χ4n) is 3.31. The van der Waals surface area contributed by atoms with Crippen molar-refractivity contribution in [3.8, 4) is 0 Å². The standard InChI is InChI=1S/C14H26N2O2/c1-2-3-8-15-9-4-14(5-10-15)6-11-16(12-7-14)13(17)18/h2-12H2,1H3,(H,17,18). The Morgan fingerprint density at radius 1 is 1.11 bits per heavy atom. The van der Waals surface area contributed by atoms with Gasteiger partial charge >= 0.3 is 6.09 Å². The molecule has 104 valence electrons. The second-order valence-corrected chi connectivity index (χ2v) is 5.96. The molecule has 2 aliphatic heterocycles. The molecule has 2 saturated heterocycles. The van der Waals surface area contributed by atoms with Crippen molar-refractivity contribution in [3.05, 3.63) is 0 Å². The first-order valence-electron chi connectivity index (χ1n) is 7.35. The molecule has 2 aliphatic rings. The van der Waals surface area contributed by atoms with Crippen molar-refractivity contribution >= 4 is 6.09 Å². The number of hydrogen-bond acceptors (Lipinski definition) is 2. The van der Waals surface area contributed by atoms with E-state index in [1.54, 1.807) is 4.90 Å². The van der Waals surface area contributed by atoms with Gasteiger partial charge in [0.2, 0.25) is 0 Å². The Hall–Kier alpha value is -0.770. The van der Waals surface area contributed by atoms with Gasteiger partial charge in [0.05, 0.1) is 0 Å². The molecule has 0 aromatic heterocycles. The lowest BCUT2D eigenvalue weighted by atomic mass is 9.71. The van der Waals surface area contributed by atoms with Crippen LogP contribution in [0.15, 0.2) is 0 Å². The summed E-state index contributed by atoms with van der Waals surface area (Å²) in [4.78, 5) is 15.1. The summed E-state index contributed by atoms with van der Waals surface area (Å²) in [5.74, 6) is 0. The summed E-state index contributed by atoms with van der Waals surface area (Å²) >= 11 is 0. The van der Waals surface area contributed by atoms with E-state index in [1.807, 2.05) is 0 Å². The molecule has 1 spiro atoms. The summed E-state index contributed by atoms with van der Waals surface area (Å²) in [6.45, 7) is 7.40. The van der Waals surface area contributed by atoms with Gasteiger partial charge in [0.1, 0.15) is 0 Å². The number of hydrogen-bond donors (Lipinski definition) is 1. The number of unbranched alkanes of at least 4 members (excludes halogenated alkanes) is 1. The van der Waals surface area contributed by atoms with Gasteiger partial charge < -0.3 is 14.9 Å². The van der Waals surface area contributed by atoms with Crippen molar-refractivity contribution in [1.82, 2.24) is 9.80 Å². The van der Waals surface area contributed by atoms with E-state index in [1.165, 1.54) is 45.3 Å². The molecule has 0 unspecified atom stereocenters. The Balaban J connectivity index is 1.77. The van der Waals surface area contributed by atoms with Crippen molar-refractivity contribution in [2.24, 2.45) is 5.41 Å². The van der Waals surface area contributed by atoms with Gasteiger partial charge in [-0.3, -0.25) is 0 Å². The highest BCUT2D eigenvalue weighted by molar-refractivity contribution is 5.65. The molecule has 0 radical (unpaired) electrons. The van der Waals surface area contributed by atoms with Crippen LogP contribution in [0.2, 0.25) is 0 Å². The van der Waals surface area contributed by atoms with Crippen molar-refractivity contribution < 1.29 is 9.90 Å². The minimum Gasteiger partial charge on any atom is -0.465 e. The zero-order valence-corrected chi connectivity index (χ0v) is 11.5. The minimum absolute atomic E-state index is 0.453. The van der Waals surface area contributed by atoms with Crippen LogP contribution in [0.4, 0.5) is 4.79 Å². The molecule has 2 rings (SSSR count). The summed E-state index contributed by atoms with van der Waals surface area (Å²) in [6, 6.07) is 0. The molecule has 1 amide bonds. The third kappa shape index (κ3) is 3.16. The monoisotopic (exact) mass is 254 g/mol. The Kier molecular flexibility index (Phi) is 4.49. The summed E-state index contributed by atoms with van der Waals surface area (Å²) in [6.07, 6.45) is 6.51. The quantitative estimate of drug-likeness (QED) is 0.842. The normalized spacial score (nSPS) is 24.4. The zero-order valence-electron chi connectivity index (χ0n) is 11.5. The molecule has 18 heavy (non-hydrogen) atoms. The first kappa shape index (κ1) is 13.7. The number of nitrogens with zero attached hydrogens (tertiary/aromatic N) is 2. The molecule has 0 bridgehead atoms. The average molecular weight is 254 g/mol. The van der Waals surface area contributed by atoms with Gasteiger partial charge in [-0.1, -0.05) is 13.3 Å². The second kappa shape index (κ2) is 5.91. The van der Waals surface area contributed by atoms with Crippen LogP contribution < -0.4 is 0 Å². The molecule has 0 aliphatic carbocycles. The van der Waals surface area contributed by atoms with Crippen LogP contribution in [-0.4, -0.2) is 53.7 Å². The van der Waals surface area contributed by atoms with E-state index in [-0.39, 0.29) is 0 Å². The predicted octanol–water partition coefficient (Wildman–Crippen LogP) is 2.64. The molecule has 0 aromatic carbocycles. The van der Waals surface area contributed by atoms with E-state index >= 15 is 0 Å². The lowest BCUT2D eigenvalue weighted by Gasteiger charge is -2.46. The van der Waals surface area contributed by atoms with Gasteiger partial charge in [-0.05, 0) is 57.2 Å². The van der Waals surface area contributed by atoms with Gasteiger partial charge in [-0.15, -0.1) is 0 Å². The van der Waals surface area contributed by atoms with E-state index in [0.717, 1.165) is 25.9 Å². The van der Waals surface area contributed by atoms with E-state index in [9.17, 15) is 4.79 Å². The van der Waals surface area contributed by atoms with Crippen LogP contribution in [0.1, 0.15) is 45.4 Å². The SMILES string of the molecule is CCCCN1CCC2(CC1)CCN(C(=O)O)CC2. The Morgan fingerprint density at radius 2 is 1.67 bits per heavy atom. The second-order valence-electron chi connectivity index (χ2n) is 5.96. The lowest BCUT2D eigenvalue weighted by Crippen LogP contribution is -2.48. The lowest BCUT2D eigenvalue weighted by molar-refractivity contribution is 0.0361. The largest absolute Gasteiger partial charge is 0.465 e. The van der Waals surface area contributed by atoms with Crippen molar-refractivity contribution in [3.63, 3.8) is 0 Å². The van der Waals surface area contributed by atoms with E-state index in [4.69, 9.17) is 5.11 Å². The molecule has 2 heterocycles. The molecule has 1 N–H and O–H groups in total. The predicted molar refractivity (Wildman–Crippen MR) is 71.8 cm³/mol. The molecule has 4 nitrogen and oxygen atoms in total. The number of piperidine rings is 2. The van der Waals surface area contributed by atoms with Crippen LogP contribution in [0.3, 0.4) is 0 Å². The van der Waals surface area contributed by atoms with Gasteiger partial charge in [0, 0.05) is 13.1 Å². The molecule has 4 heteroatoms. The van der Waals surface area contributed by atoms with Crippen LogP contribution in [0, 0.1) is 5.41 Å². The van der Waals surface area contributed by atoms with Gasteiger partial charge in [-0.25, -0.2) is 4.79 Å². The average Bonchev–Trinajstić information content (AvgIpc) is 2.39. The number of amides is 1. The van der Waals surface area contributed by atoms with Crippen LogP contribution >= 0.6 is 0 Å². The Bertz CT molecular complexity index is 276. The van der Waals surface area contributed by atoms with E-state index in [0.29, 0.717) is 5.41 Å². The zero-order chi connectivity index (χ0) is 13.0. The topological polar surface area (TPSA) is 43.8 Å². The van der Waals surface area contributed by atoms with Gasteiger partial charge in [0.15, 0.2) is 0 Å². The first-order valence-corrected chi connectivity index (χ1v) is 7.35. The van der Waals surface area contributed by atoms with Gasteiger partial charge in [0.25, 0.3) is 0 Å². The number of rotatable bonds is 3. The summed E-state index contributed by atoms with van der Waals surface area (Å²) in [7, 11) is 0. The molecule has 2 fully saturated rings.